The lowest BCUT2D eigenvalue weighted by molar-refractivity contribution is 0.217. The van der Waals surface area contributed by atoms with Crippen molar-refractivity contribution >= 4 is 6.03 Å². The zero-order valence-corrected chi connectivity index (χ0v) is 13.2. The number of nitrogens with zero attached hydrogens (tertiary/aromatic N) is 1. The number of hydrogen-bond donors (Lipinski definition) is 2. The molecule has 6 heteroatoms. The van der Waals surface area contributed by atoms with Crippen molar-refractivity contribution in [3.8, 4) is 11.5 Å². The molecule has 0 radical (unpaired) electrons. The van der Waals surface area contributed by atoms with Crippen molar-refractivity contribution in [3.63, 3.8) is 0 Å². The lowest BCUT2D eigenvalue weighted by Crippen LogP contribution is -2.38. The molecule has 0 atom stereocenters. The summed E-state index contributed by atoms with van der Waals surface area (Å²) in [7, 11) is 5.07. The third-order valence-corrected chi connectivity index (χ3v) is 2.84. The highest BCUT2D eigenvalue weighted by atomic mass is 16.5. The van der Waals surface area contributed by atoms with E-state index in [1.54, 1.807) is 21.2 Å². The highest BCUT2D eigenvalue weighted by molar-refractivity contribution is 5.73. The Bertz CT molecular complexity index is 450. The molecule has 0 aliphatic rings. The van der Waals surface area contributed by atoms with Gasteiger partial charge in [-0.05, 0) is 24.6 Å². The number of nitrogens with one attached hydrogen (secondary N) is 2. The smallest absolute Gasteiger partial charge is 0.316 e. The van der Waals surface area contributed by atoms with Gasteiger partial charge in [0.05, 0.1) is 13.7 Å². The Morgan fingerprint density at radius 2 is 2.00 bits per heavy atom. The van der Waals surface area contributed by atoms with Crippen LogP contribution in [0.25, 0.3) is 0 Å². The van der Waals surface area contributed by atoms with E-state index in [-0.39, 0.29) is 6.03 Å². The molecule has 1 aromatic rings. The summed E-state index contributed by atoms with van der Waals surface area (Å²) in [5, 5.41) is 6.07. The Morgan fingerprint density at radius 3 is 2.62 bits per heavy atom. The first-order valence-corrected chi connectivity index (χ1v) is 7.04. The van der Waals surface area contributed by atoms with Gasteiger partial charge >= 0.3 is 6.03 Å². The number of hydrogen-bond acceptors (Lipinski definition) is 4. The van der Waals surface area contributed by atoms with E-state index in [9.17, 15) is 4.79 Å². The molecule has 0 fully saturated rings. The molecule has 0 aliphatic heterocycles. The topological polar surface area (TPSA) is 62.8 Å². The van der Waals surface area contributed by atoms with Gasteiger partial charge < -0.3 is 25.0 Å². The van der Waals surface area contributed by atoms with Gasteiger partial charge in [-0.1, -0.05) is 6.07 Å². The van der Waals surface area contributed by atoms with E-state index in [1.165, 1.54) is 4.90 Å². The molecule has 0 bridgehead atoms. The number of benzene rings is 1. The van der Waals surface area contributed by atoms with Gasteiger partial charge in [0, 0.05) is 33.7 Å². The van der Waals surface area contributed by atoms with Crippen LogP contribution in [0.4, 0.5) is 4.79 Å². The lowest BCUT2D eigenvalue weighted by atomic mass is 10.2. The van der Waals surface area contributed by atoms with Gasteiger partial charge in [0.1, 0.15) is 0 Å². The van der Waals surface area contributed by atoms with Crippen LogP contribution in [-0.4, -0.2) is 51.8 Å². The number of carbonyl (C=O) groups is 1. The van der Waals surface area contributed by atoms with Crippen LogP contribution >= 0.6 is 0 Å². The average molecular weight is 295 g/mol. The van der Waals surface area contributed by atoms with Crippen molar-refractivity contribution in [1.29, 1.82) is 0 Å². The molecule has 0 heterocycles. The largest absolute Gasteiger partial charge is 0.493 e. The molecular formula is C15H25N3O3. The number of amides is 2. The summed E-state index contributed by atoms with van der Waals surface area (Å²) >= 11 is 0. The van der Waals surface area contributed by atoms with E-state index >= 15 is 0 Å². The van der Waals surface area contributed by atoms with E-state index in [4.69, 9.17) is 9.47 Å². The molecule has 0 spiro atoms. The van der Waals surface area contributed by atoms with E-state index < -0.39 is 0 Å². The maximum Gasteiger partial charge on any atom is 0.316 e. The summed E-state index contributed by atoms with van der Waals surface area (Å²) in [6.07, 6.45) is 0. The first-order valence-electron chi connectivity index (χ1n) is 7.04. The minimum absolute atomic E-state index is 0.0838. The lowest BCUT2D eigenvalue weighted by Gasteiger charge is -2.13. The number of urea groups is 1. The average Bonchev–Trinajstić information content (AvgIpc) is 2.48. The predicted octanol–water partition coefficient (Wildman–Crippen LogP) is 1.45. The summed E-state index contributed by atoms with van der Waals surface area (Å²) in [5.74, 6) is 1.49. The molecule has 0 saturated carbocycles. The predicted molar refractivity (Wildman–Crippen MR) is 83.0 cm³/mol. The zero-order valence-electron chi connectivity index (χ0n) is 13.2. The molecule has 0 aromatic heterocycles. The van der Waals surface area contributed by atoms with Crippen LogP contribution in [0.3, 0.4) is 0 Å². The molecule has 21 heavy (non-hydrogen) atoms. The number of rotatable bonds is 8. The van der Waals surface area contributed by atoms with Crippen molar-refractivity contribution in [2.24, 2.45) is 0 Å². The van der Waals surface area contributed by atoms with Crippen LogP contribution in [0, 0.1) is 0 Å². The Balaban J connectivity index is 2.37. The summed E-state index contributed by atoms with van der Waals surface area (Å²) in [6, 6.07) is 5.78. The van der Waals surface area contributed by atoms with Gasteiger partial charge in [-0.3, -0.25) is 0 Å². The molecule has 6 nitrogen and oxygen atoms in total. The van der Waals surface area contributed by atoms with E-state index in [1.807, 2.05) is 25.1 Å². The highest BCUT2D eigenvalue weighted by Crippen LogP contribution is 2.27. The Hall–Kier alpha value is -1.95. The van der Waals surface area contributed by atoms with Crippen LogP contribution < -0.4 is 20.1 Å². The fourth-order valence-electron chi connectivity index (χ4n) is 1.75. The van der Waals surface area contributed by atoms with Gasteiger partial charge in [0.2, 0.25) is 0 Å². The van der Waals surface area contributed by atoms with Crippen LogP contribution in [0.5, 0.6) is 11.5 Å². The van der Waals surface area contributed by atoms with Gasteiger partial charge in [-0.2, -0.15) is 0 Å². The summed E-state index contributed by atoms with van der Waals surface area (Å²) in [4.78, 5) is 12.8. The Morgan fingerprint density at radius 1 is 1.24 bits per heavy atom. The van der Waals surface area contributed by atoms with Crippen LogP contribution in [-0.2, 0) is 6.54 Å². The van der Waals surface area contributed by atoms with Crippen LogP contribution in [0.15, 0.2) is 18.2 Å². The maximum absolute atomic E-state index is 11.3. The Kier molecular flexibility index (Phi) is 7.39. The molecular weight excluding hydrogens is 270 g/mol. The third-order valence-electron chi connectivity index (χ3n) is 2.84. The van der Waals surface area contributed by atoms with Crippen molar-refractivity contribution in [2.45, 2.75) is 13.5 Å². The van der Waals surface area contributed by atoms with Crippen LogP contribution in [0.2, 0.25) is 0 Å². The Labute approximate surface area is 126 Å². The van der Waals surface area contributed by atoms with E-state index in [0.717, 1.165) is 17.1 Å². The molecule has 0 aliphatic carbocycles. The van der Waals surface area contributed by atoms with Gasteiger partial charge in [0.25, 0.3) is 0 Å². The van der Waals surface area contributed by atoms with Crippen molar-refractivity contribution in [2.75, 3.05) is 40.9 Å². The fourth-order valence-corrected chi connectivity index (χ4v) is 1.75. The highest BCUT2D eigenvalue weighted by Gasteiger charge is 2.05. The SMILES string of the molecule is CCOc1ccc(CNCCNC(=O)N(C)C)cc1OC. The first-order chi connectivity index (χ1) is 10.1. The van der Waals surface area contributed by atoms with E-state index in [2.05, 4.69) is 10.6 Å². The molecule has 118 valence electrons. The van der Waals surface area contributed by atoms with Crippen LogP contribution in [0.1, 0.15) is 12.5 Å². The number of methoxy groups -OCH3 is 1. The maximum atomic E-state index is 11.3. The second kappa shape index (κ2) is 9.07. The monoisotopic (exact) mass is 295 g/mol. The van der Waals surface area contributed by atoms with Gasteiger partial charge in [-0.25, -0.2) is 4.79 Å². The number of ether oxygens (including phenoxy) is 2. The van der Waals surface area contributed by atoms with Gasteiger partial charge in [-0.15, -0.1) is 0 Å². The molecule has 2 amide bonds. The number of carbonyl (C=O) groups excluding carboxylic acids is 1. The molecule has 1 aromatic carbocycles. The fraction of sp³-hybridized carbons (Fsp3) is 0.533. The molecule has 2 N–H and O–H groups in total. The van der Waals surface area contributed by atoms with Crippen molar-refractivity contribution < 1.29 is 14.3 Å². The molecule has 0 saturated heterocycles. The minimum atomic E-state index is -0.0838. The normalized spacial score (nSPS) is 10.1. The zero-order chi connectivity index (χ0) is 15.7. The summed E-state index contributed by atoms with van der Waals surface area (Å²) < 4.78 is 10.8. The quantitative estimate of drug-likeness (QED) is 0.713. The second-order valence-electron chi connectivity index (χ2n) is 4.72. The van der Waals surface area contributed by atoms with Gasteiger partial charge in [0.15, 0.2) is 11.5 Å². The summed E-state index contributed by atoms with van der Waals surface area (Å²) in [6.45, 7) is 4.55. The molecule has 1 rings (SSSR count). The minimum Gasteiger partial charge on any atom is -0.493 e. The third kappa shape index (κ3) is 5.91. The second-order valence-corrected chi connectivity index (χ2v) is 4.72. The summed E-state index contributed by atoms with van der Waals surface area (Å²) in [5.41, 5.74) is 1.11. The van der Waals surface area contributed by atoms with Crippen molar-refractivity contribution in [1.82, 2.24) is 15.5 Å². The first kappa shape index (κ1) is 17.1. The standard InChI is InChI=1S/C15H25N3O3/c1-5-21-13-7-6-12(10-14(13)20-4)11-16-8-9-17-15(19)18(2)3/h6-7,10,16H,5,8-9,11H2,1-4H3,(H,17,19). The van der Waals surface area contributed by atoms with Crippen molar-refractivity contribution in [3.05, 3.63) is 23.8 Å². The molecule has 0 unspecified atom stereocenters. The van der Waals surface area contributed by atoms with E-state index in [0.29, 0.717) is 26.2 Å².